The Hall–Kier alpha value is -2.13. The number of hydrogen-bond donors (Lipinski definition) is 2. The topological polar surface area (TPSA) is 97.1 Å². The summed E-state index contributed by atoms with van der Waals surface area (Å²) < 4.78 is 38.5. The fourth-order valence-corrected chi connectivity index (χ4v) is 1.39. The van der Waals surface area contributed by atoms with Crippen LogP contribution in [0.15, 0.2) is 0 Å². The van der Waals surface area contributed by atoms with Crippen molar-refractivity contribution in [2.75, 3.05) is 6.54 Å². The van der Waals surface area contributed by atoms with Crippen molar-refractivity contribution in [2.24, 2.45) is 0 Å². The molecule has 1 amide bonds. The van der Waals surface area contributed by atoms with Gasteiger partial charge in [0.05, 0.1) is 6.54 Å². The molecular formula is C9H11F3N4O3. The maximum absolute atomic E-state index is 12.7. The summed E-state index contributed by atoms with van der Waals surface area (Å²) in [7, 11) is 0. The number of aryl methyl sites for hydroxylation is 1. The molecule has 7 nitrogen and oxygen atoms in total. The van der Waals surface area contributed by atoms with Gasteiger partial charge in [0.25, 0.3) is 0 Å². The maximum Gasteiger partial charge on any atom is 0.435 e. The van der Waals surface area contributed by atoms with Crippen molar-refractivity contribution in [1.29, 1.82) is 0 Å². The number of alkyl halides is 3. The number of carbonyl (C=O) groups is 2. The van der Waals surface area contributed by atoms with Crippen molar-refractivity contribution in [2.45, 2.75) is 26.1 Å². The highest BCUT2D eigenvalue weighted by atomic mass is 19.4. The highest BCUT2D eigenvalue weighted by Gasteiger charge is 2.41. The third-order valence-electron chi connectivity index (χ3n) is 2.13. The van der Waals surface area contributed by atoms with E-state index in [0.717, 1.165) is 0 Å². The Labute approximate surface area is 105 Å². The summed E-state index contributed by atoms with van der Waals surface area (Å²) in [6.45, 7) is 1.61. The highest BCUT2D eigenvalue weighted by molar-refractivity contribution is 5.86. The first-order valence-corrected chi connectivity index (χ1v) is 5.28. The predicted molar refractivity (Wildman–Crippen MR) is 55.3 cm³/mol. The van der Waals surface area contributed by atoms with Gasteiger partial charge in [0.1, 0.15) is 0 Å². The Kier molecular flexibility index (Phi) is 4.46. The lowest BCUT2D eigenvalue weighted by Gasteiger charge is -2.09. The summed E-state index contributed by atoms with van der Waals surface area (Å²) in [5, 5.41) is 17.1. The first kappa shape index (κ1) is 14.9. The van der Waals surface area contributed by atoms with E-state index in [1.165, 1.54) is 0 Å². The lowest BCUT2D eigenvalue weighted by atomic mass is 10.3. The molecule has 106 valence electrons. The molecule has 0 aliphatic rings. The van der Waals surface area contributed by atoms with Crippen LogP contribution in [-0.2, 0) is 17.5 Å². The van der Waals surface area contributed by atoms with Crippen LogP contribution in [0.1, 0.15) is 29.5 Å². The summed E-state index contributed by atoms with van der Waals surface area (Å²) in [5.41, 5.74) is -2.65. The summed E-state index contributed by atoms with van der Waals surface area (Å²) in [6, 6.07) is 0. The lowest BCUT2D eigenvalue weighted by molar-refractivity contribution is -0.145. The second-order valence-corrected chi connectivity index (χ2v) is 3.52. The number of amides is 1. The molecule has 10 heteroatoms. The third-order valence-corrected chi connectivity index (χ3v) is 2.13. The Bertz CT molecular complexity index is 484. The Morgan fingerprint density at radius 1 is 1.42 bits per heavy atom. The molecule has 0 aliphatic heterocycles. The first-order chi connectivity index (χ1) is 8.77. The molecule has 0 fully saturated rings. The van der Waals surface area contributed by atoms with E-state index in [9.17, 15) is 22.8 Å². The van der Waals surface area contributed by atoms with E-state index < -0.39 is 36.0 Å². The molecule has 2 N–H and O–H groups in total. The summed E-state index contributed by atoms with van der Waals surface area (Å²) in [6.07, 6.45) is -5.15. The van der Waals surface area contributed by atoms with E-state index >= 15 is 0 Å². The number of carbonyl (C=O) groups excluding carboxylic acids is 1. The lowest BCUT2D eigenvalue weighted by Crippen LogP contribution is -2.25. The smallest absolute Gasteiger partial charge is 0.435 e. The van der Waals surface area contributed by atoms with E-state index in [1.54, 1.807) is 6.92 Å². The van der Waals surface area contributed by atoms with Gasteiger partial charge in [0.15, 0.2) is 5.69 Å². The van der Waals surface area contributed by atoms with Gasteiger partial charge in [-0.05, 0) is 6.92 Å². The maximum atomic E-state index is 12.7. The minimum atomic E-state index is -4.90. The number of nitrogens with one attached hydrogen (secondary N) is 1. The van der Waals surface area contributed by atoms with Crippen molar-refractivity contribution in [3.8, 4) is 0 Å². The Morgan fingerprint density at radius 2 is 2.05 bits per heavy atom. The minimum absolute atomic E-state index is 0.251. The average Bonchev–Trinajstić information content (AvgIpc) is 2.70. The van der Waals surface area contributed by atoms with Gasteiger partial charge >= 0.3 is 12.1 Å². The van der Waals surface area contributed by atoms with Crippen LogP contribution in [-0.4, -0.2) is 38.5 Å². The highest BCUT2D eigenvalue weighted by Crippen LogP contribution is 2.31. The number of aromatic nitrogens is 3. The molecule has 0 bridgehead atoms. The molecule has 0 aliphatic carbocycles. The van der Waals surface area contributed by atoms with Crippen LogP contribution in [0.5, 0.6) is 0 Å². The number of hydrogen-bond acceptors (Lipinski definition) is 4. The van der Waals surface area contributed by atoms with Gasteiger partial charge in [-0.2, -0.15) is 13.2 Å². The zero-order valence-electron chi connectivity index (χ0n) is 9.86. The number of halogens is 3. The van der Waals surface area contributed by atoms with Crippen molar-refractivity contribution in [3.05, 3.63) is 11.4 Å². The third kappa shape index (κ3) is 3.66. The van der Waals surface area contributed by atoms with Crippen LogP contribution in [0.25, 0.3) is 0 Å². The van der Waals surface area contributed by atoms with Gasteiger partial charge in [-0.25, -0.2) is 9.48 Å². The number of nitrogens with zero attached hydrogens (tertiary/aromatic N) is 3. The molecule has 0 saturated carbocycles. The van der Waals surface area contributed by atoms with Gasteiger partial charge in [0.2, 0.25) is 11.6 Å². The molecule has 1 aromatic rings. The molecule has 1 aromatic heterocycles. The molecule has 0 aromatic carbocycles. The van der Waals surface area contributed by atoms with Crippen LogP contribution in [0.3, 0.4) is 0 Å². The van der Waals surface area contributed by atoms with Gasteiger partial charge in [-0.3, -0.25) is 4.79 Å². The first-order valence-electron chi connectivity index (χ1n) is 5.28. The van der Waals surface area contributed by atoms with Crippen LogP contribution < -0.4 is 5.32 Å². The Morgan fingerprint density at radius 3 is 2.53 bits per heavy atom. The van der Waals surface area contributed by atoms with Gasteiger partial charge in [-0.15, -0.1) is 5.10 Å². The van der Waals surface area contributed by atoms with E-state index in [4.69, 9.17) is 5.11 Å². The van der Waals surface area contributed by atoms with Crippen molar-refractivity contribution < 1.29 is 27.9 Å². The zero-order chi connectivity index (χ0) is 14.6. The van der Waals surface area contributed by atoms with Crippen molar-refractivity contribution in [3.63, 3.8) is 0 Å². The summed E-state index contributed by atoms with van der Waals surface area (Å²) in [5.74, 6) is -2.28. The molecular weight excluding hydrogens is 269 g/mol. The van der Waals surface area contributed by atoms with E-state index in [0.29, 0.717) is 11.2 Å². The monoisotopic (exact) mass is 280 g/mol. The molecule has 0 unspecified atom stereocenters. The van der Waals surface area contributed by atoms with Crippen molar-refractivity contribution >= 4 is 11.9 Å². The molecule has 0 atom stereocenters. The quantitative estimate of drug-likeness (QED) is 0.819. The fourth-order valence-electron chi connectivity index (χ4n) is 1.39. The van der Waals surface area contributed by atoms with E-state index in [2.05, 4.69) is 15.6 Å². The molecule has 0 saturated heterocycles. The molecule has 0 radical (unpaired) electrons. The van der Waals surface area contributed by atoms with Gasteiger partial charge in [-0.1, -0.05) is 5.21 Å². The van der Waals surface area contributed by atoms with Gasteiger partial charge < -0.3 is 10.4 Å². The fraction of sp³-hybridized carbons (Fsp3) is 0.556. The largest absolute Gasteiger partial charge is 0.476 e. The Balaban J connectivity index is 2.96. The van der Waals surface area contributed by atoms with Crippen LogP contribution >= 0.6 is 0 Å². The summed E-state index contributed by atoms with van der Waals surface area (Å²) >= 11 is 0. The number of aromatic carboxylic acids is 1. The molecule has 19 heavy (non-hydrogen) atoms. The summed E-state index contributed by atoms with van der Waals surface area (Å²) in [4.78, 5) is 21.8. The number of carboxylic acid groups (broad SMARTS) is 1. The second-order valence-electron chi connectivity index (χ2n) is 3.52. The molecule has 1 rings (SSSR count). The molecule has 1 heterocycles. The van der Waals surface area contributed by atoms with Crippen LogP contribution in [0, 0.1) is 0 Å². The minimum Gasteiger partial charge on any atom is -0.476 e. The van der Waals surface area contributed by atoms with E-state index in [1.807, 2.05) is 0 Å². The normalized spacial score (nSPS) is 11.4. The number of rotatable bonds is 5. The van der Waals surface area contributed by atoms with Crippen molar-refractivity contribution in [1.82, 2.24) is 20.3 Å². The average molecular weight is 280 g/mol. The van der Waals surface area contributed by atoms with Gasteiger partial charge in [0, 0.05) is 13.0 Å². The SMILES string of the molecule is CCNC(=O)CCn1nnc(C(=O)O)c1C(F)(F)F. The zero-order valence-corrected chi connectivity index (χ0v) is 9.86. The molecule has 0 spiro atoms. The standard InChI is InChI=1S/C9H11F3N4O3/c1-2-13-5(17)3-4-16-7(9(10,11)12)6(8(18)19)14-15-16/h2-4H2,1H3,(H,13,17)(H,18,19). The second kappa shape index (κ2) is 5.67. The predicted octanol–water partition coefficient (Wildman–Crippen LogP) is 0.521. The van der Waals surface area contributed by atoms with Crippen LogP contribution in [0.2, 0.25) is 0 Å². The van der Waals surface area contributed by atoms with Crippen LogP contribution in [0.4, 0.5) is 13.2 Å². The van der Waals surface area contributed by atoms with E-state index in [-0.39, 0.29) is 6.42 Å². The number of carboxylic acids is 1.